The molecule has 1 aromatic rings. The number of nitrogens with one attached hydrogen (secondary N) is 1. The second-order valence-corrected chi connectivity index (χ2v) is 6.71. The van der Waals surface area contributed by atoms with Crippen LogP contribution >= 0.6 is 0 Å². The number of hydrogen-bond acceptors (Lipinski definition) is 3. The Hall–Kier alpha value is -2.31. The van der Waals surface area contributed by atoms with E-state index in [1.165, 1.54) is 12.1 Å². The zero-order valence-electron chi connectivity index (χ0n) is 14.2. The summed E-state index contributed by atoms with van der Waals surface area (Å²) in [4.78, 5) is 28.0. The molecule has 1 unspecified atom stereocenters. The maximum atomic E-state index is 13.3. The molecule has 1 aromatic carbocycles. The minimum absolute atomic E-state index is 0.179. The van der Waals surface area contributed by atoms with E-state index in [-0.39, 0.29) is 24.5 Å². The zero-order chi connectivity index (χ0) is 17.8. The van der Waals surface area contributed by atoms with Gasteiger partial charge < -0.3 is 20.2 Å². The van der Waals surface area contributed by atoms with Crippen molar-refractivity contribution in [2.45, 2.75) is 44.7 Å². The Balaban J connectivity index is 1.50. The van der Waals surface area contributed by atoms with Gasteiger partial charge in [-0.05, 0) is 43.4 Å². The lowest BCUT2D eigenvalue weighted by Gasteiger charge is -2.27. The highest BCUT2D eigenvalue weighted by molar-refractivity contribution is 5.78. The van der Waals surface area contributed by atoms with Gasteiger partial charge in [-0.3, -0.25) is 4.79 Å². The minimum Gasteiger partial charge on any atom is -0.505 e. The van der Waals surface area contributed by atoms with Gasteiger partial charge in [0.15, 0.2) is 11.6 Å². The number of carbonyl (C=O) groups is 2. The van der Waals surface area contributed by atoms with Gasteiger partial charge in [-0.2, -0.15) is 0 Å². The topological polar surface area (TPSA) is 72.9 Å². The van der Waals surface area contributed by atoms with Gasteiger partial charge in [0, 0.05) is 38.6 Å². The quantitative estimate of drug-likeness (QED) is 0.879. The number of aromatic hydroxyl groups is 1. The van der Waals surface area contributed by atoms with Crippen molar-refractivity contribution >= 4 is 11.9 Å². The van der Waals surface area contributed by atoms with Crippen molar-refractivity contribution in [1.29, 1.82) is 0 Å². The fourth-order valence-corrected chi connectivity index (χ4v) is 3.60. The maximum Gasteiger partial charge on any atom is 0.317 e. The molecule has 0 aromatic heterocycles. The molecule has 25 heavy (non-hydrogen) atoms. The predicted molar refractivity (Wildman–Crippen MR) is 90.5 cm³/mol. The molecule has 3 rings (SSSR count). The molecule has 2 aliphatic heterocycles. The molecule has 0 aliphatic carbocycles. The van der Waals surface area contributed by atoms with E-state index in [0.29, 0.717) is 25.1 Å². The molecule has 3 amide bonds. The van der Waals surface area contributed by atoms with Crippen LogP contribution in [0.5, 0.6) is 5.75 Å². The molecular weight excluding hydrogens is 325 g/mol. The second kappa shape index (κ2) is 7.72. The summed E-state index contributed by atoms with van der Waals surface area (Å²) in [7, 11) is 0. The van der Waals surface area contributed by atoms with Crippen LogP contribution in [0.1, 0.15) is 37.7 Å². The molecule has 6 nitrogen and oxygen atoms in total. The molecule has 0 spiro atoms. The average molecular weight is 349 g/mol. The lowest BCUT2D eigenvalue weighted by molar-refractivity contribution is -0.129. The van der Waals surface area contributed by atoms with Gasteiger partial charge in [-0.15, -0.1) is 0 Å². The zero-order valence-corrected chi connectivity index (χ0v) is 14.2. The van der Waals surface area contributed by atoms with E-state index in [4.69, 9.17) is 0 Å². The molecule has 2 heterocycles. The highest BCUT2D eigenvalue weighted by atomic mass is 19.1. The molecule has 136 valence electrons. The van der Waals surface area contributed by atoms with E-state index in [1.807, 2.05) is 4.90 Å². The molecule has 2 saturated heterocycles. The van der Waals surface area contributed by atoms with Crippen LogP contribution in [-0.2, 0) is 11.3 Å². The molecule has 2 N–H and O–H groups in total. The third-order valence-corrected chi connectivity index (χ3v) is 4.99. The van der Waals surface area contributed by atoms with E-state index in [9.17, 15) is 19.1 Å². The highest BCUT2D eigenvalue weighted by Gasteiger charge is 2.30. The van der Waals surface area contributed by atoms with Crippen LogP contribution < -0.4 is 5.32 Å². The van der Waals surface area contributed by atoms with Crippen molar-refractivity contribution in [3.8, 4) is 5.75 Å². The van der Waals surface area contributed by atoms with Gasteiger partial charge in [0.1, 0.15) is 0 Å². The van der Waals surface area contributed by atoms with Gasteiger partial charge in [0.2, 0.25) is 5.91 Å². The molecular formula is C18H24FN3O3. The second-order valence-electron chi connectivity index (χ2n) is 6.71. The largest absolute Gasteiger partial charge is 0.505 e. The first-order chi connectivity index (χ1) is 12.0. The number of phenolic OH excluding ortho intramolecular Hbond substituents is 1. The third-order valence-electron chi connectivity index (χ3n) is 4.99. The van der Waals surface area contributed by atoms with Crippen molar-refractivity contribution in [3.05, 3.63) is 29.6 Å². The number of benzene rings is 1. The highest BCUT2D eigenvalue weighted by Crippen LogP contribution is 2.22. The Morgan fingerprint density at radius 3 is 2.80 bits per heavy atom. The van der Waals surface area contributed by atoms with E-state index in [0.717, 1.165) is 32.2 Å². The van der Waals surface area contributed by atoms with E-state index in [2.05, 4.69) is 5.32 Å². The minimum atomic E-state index is -0.695. The number of phenols is 1. The summed E-state index contributed by atoms with van der Waals surface area (Å²) >= 11 is 0. The smallest absolute Gasteiger partial charge is 0.317 e. The number of amides is 3. The lowest BCUT2D eigenvalue weighted by atomic mass is 10.1. The number of hydrogen-bond donors (Lipinski definition) is 2. The fraction of sp³-hybridized carbons (Fsp3) is 0.556. The summed E-state index contributed by atoms with van der Waals surface area (Å²) in [6.07, 6.45) is 4.17. The van der Waals surface area contributed by atoms with Crippen molar-refractivity contribution in [2.24, 2.45) is 0 Å². The standard InChI is InChI=1S/C18H24FN3O3/c19-15-11-13(5-6-16(15)23)12-20-18(25)21-8-1-3-14(7-10-21)22-9-2-4-17(22)24/h5-6,11,14,23H,1-4,7-10,12H2,(H,20,25). The molecule has 0 saturated carbocycles. The molecule has 2 aliphatic rings. The fourth-order valence-electron chi connectivity index (χ4n) is 3.60. The van der Waals surface area contributed by atoms with Crippen molar-refractivity contribution < 1.29 is 19.1 Å². The maximum absolute atomic E-state index is 13.3. The summed E-state index contributed by atoms with van der Waals surface area (Å²) in [5.41, 5.74) is 0.596. The monoisotopic (exact) mass is 349 g/mol. The summed E-state index contributed by atoms with van der Waals surface area (Å²) in [5, 5.41) is 12.0. The Morgan fingerprint density at radius 1 is 1.24 bits per heavy atom. The number of rotatable bonds is 3. The van der Waals surface area contributed by atoms with Gasteiger partial charge in [0.05, 0.1) is 0 Å². The Morgan fingerprint density at radius 2 is 2.08 bits per heavy atom. The van der Waals surface area contributed by atoms with Crippen molar-refractivity contribution in [3.63, 3.8) is 0 Å². The van der Waals surface area contributed by atoms with Gasteiger partial charge >= 0.3 is 6.03 Å². The van der Waals surface area contributed by atoms with Crippen LogP contribution in [0, 0.1) is 5.82 Å². The van der Waals surface area contributed by atoms with Gasteiger partial charge in [-0.1, -0.05) is 6.07 Å². The van der Waals surface area contributed by atoms with Crippen LogP contribution in [0.3, 0.4) is 0 Å². The number of carbonyl (C=O) groups excluding carboxylic acids is 2. The molecule has 0 bridgehead atoms. The predicted octanol–water partition coefficient (Wildman–Crippen LogP) is 2.22. The van der Waals surface area contributed by atoms with E-state index >= 15 is 0 Å². The Bertz CT molecular complexity index is 652. The normalized spacial score (nSPS) is 21.3. The molecule has 1 atom stereocenters. The number of halogens is 1. The average Bonchev–Trinajstić information content (AvgIpc) is 2.88. The Labute approximate surface area is 146 Å². The summed E-state index contributed by atoms with van der Waals surface area (Å²) in [5.74, 6) is -0.859. The van der Waals surface area contributed by atoms with E-state index in [1.54, 1.807) is 11.0 Å². The van der Waals surface area contributed by atoms with Crippen molar-refractivity contribution in [1.82, 2.24) is 15.1 Å². The first-order valence-corrected chi connectivity index (χ1v) is 8.84. The summed E-state index contributed by atoms with van der Waals surface area (Å²) in [6, 6.07) is 4.13. The first kappa shape index (κ1) is 17.5. The lowest BCUT2D eigenvalue weighted by Crippen LogP contribution is -2.41. The number of nitrogens with zero attached hydrogens (tertiary/aromatic N) is 2. The number of urea groups is 1. The van der Waals surface area contributed by atoms with Gasteiger partial charge in [-0.25, -0.2) is 9.18 Å². The van der Waals surface area contributed by atoms with Crippen LogP contribution in [0.25, 0.3) is 0 Å². The molecule has 2 fully saturated rings. The van der Waals surface area contributed by atoms with Gasteiger partial charge in [0.25, 0.3) is 0 Å². The van der Waals surface area contributed by atoms with Crippen molar-refractivity contribution in [2.75, 3.05) is 19.6 Å². The number of likely N-dealkylation sites (tertiary alicyclic amines) is 2. The summed E-state index contributed by atoms with van der Waals surface area (Å²) in [6.45, 7) is 2.32. The van der Waals surface area contributed by atoms with E-state index < -0.39 is 11.6 Å². The van der Waals surface area contributed by atoms with Crippen LogP contribution in [-0.4, -0.2) is 52.5 Å². The Kier molecular flexibility index (Phi) is 5.40. The van der Waals surface area contributed by atoms with Crippen LogP contribution in [0.4, 0.5) is 9.18 Å². The third kappa shape index (κ3) is 4.21. The molecule has 0 radical (unpaired) electrons. The van der Waals surface area contributed by atoms with Crippen LogP contribution in [0.2, 0.25) is 0 Å². The first-order valence-electron chi connectivity index (χ1n) is 8.84. The molecule has 7 heteroatoms. The van der Waals surface area contributed by atoms with Crippen LogP contribution in [0.15, 0.2) is 18.2 Å². The SMILES string of the molecule is O=C(NCc1ccc(O)c(F)c1)N1CCCC(N2CCCC2=O)CC1. The summed E-state index contributed by atoms with van der Waals surface area (Å²) < 4.78 is 13.3.